The smallest absolute Gasteiger partial charge is 0.251 e. The third kappa shape index (κ3) is 5.45. The molecule has 3 rings (SSSR count). The third-order valence-corrected chi connectivity index (χ3v) is 4.26. The molecule has 7 heteroatoms. The molecular weight excluding hydrogens is 399 g/mol. The Labute approximate surface area is 172 Å². The topological polar surface area (TPSA) is 71.5 Å². The lowest BCUT2D eigenvalue weighted by Gasteiger charge is -2.09. The fourth-order valence-corrected chi connectivity index (χ4v) is 3.05. The molecule has 1 amide bonds. The van der Waals surface area contributed by atoms with Crippen molar-refractivity contribution in [1.29, 1.82) is 0 Å². The number of carbonyl (C=O) groups is 1. The number of nitrogens with zero attached hydrogens (tertiary/aromatic N) is 1. The summed E-state index contributed by atoms with van der Waals surface area (Å²) in [5, 5.41) is 12.5. The summed E-state index contributed by atoms with van der Waals surface area (Å²) in [6.45, 7) is 0.457. The third-order valence-electron chi connectivity index (χ3n) is 3.82. The van der Waals surface area contributed by atoms with E-state index >= 15 is 0 Å². The first-order valence-corrected chi connectivity index (χ1v) is 9.41. The van der Waals surface area contributed by atoms with Crippen molar-refractivity contribution in [3.63, 3.8) is 0 Å². The first kappa shape index (κ1) is 20.1. The second kappa shape index (κ2) is 9.55. The molecule has 28 heavy (non-hydrogen) atoms. The number of ether oxygens (including phenoxy) is 1. The van der Waals surface area contributed by atoms with Crippen LogP contribution in [0.2, 0.25) is 10.0 Å². The van der Waals surface area contributed by atoms with Gasteiger partial charge in [0.1, 0.15) is 5.75 Å². The predicted molar refractivity (Wildman–Crippen MR) is 110 cm³/mol. The molecule has 0 aliphatic heterocycles. The zero-order valence-corrected chi connectivity index (χ0v) is 16.4. The van der Waals surface area contributed by atoms with E-state index in [2.05, 4.69) is 10.3 Å². The van der Waals surface area contributed by atoms with Gasteiger partial charge in [-0.25, -0.2) is 4.98 Å². The summed E-state index contributed by atoms with van der Waals surface area (Å²) >= 11 is 12.0. The number of pyridine rings is 1. The van der Waals surface area contributed by atoms with E-state index in [0.29, 0.717) is 45.9 Å². The fourth-order valence-electron chi connectivity index (χ4n) is 2.54. The lowest BCUT2D eigenvalue weighted by atomic mass is 10.1. The lowest BCUT2D eigenvalue weighted by Crippen LogP contribution is -2.24. The number of hydrogen-bond donors (Lipinski definition) is 2. The van der Waals surface area contributed by atoms with Crippen LogP contribution < -0.4 is 10.1 Å². The van der Waals surface area contributed by atoms with E-state index in [1.54, 1.807) is 42.5 Å². The van der Waals surface area contributed by atoms with Crippen molar-refractivity contribution in [2.24, 2.45) is 0 Å². The van der Waals surface area contributed by atoms with Crippen LogP contribution in [0.25, 0.3) is 11.3 Å². The van der Waals surface area contributed by atoms with Gasteiger partial charge in [0.15, 0.2) is 0 Å². The summed E-state index contributed by atoms with van der Waals surface area (Å²) in [6.07, 6.45) is 0.514. The number of amides is 1. The summed E-state index contributed by atoms with van der Waals surface area (Å²) < 4.78 is 5.76. The quantitative estimate of drug-likeness (QED) is 0.533. The van der Waals surface area contributed by atoms with Gasteiger partial charge >= 0.3 is 0 Å². The number of carbonyl (C=O) groups excluding carboxylic acids is 1. The molecular formula is C21H18Cl2N2O3. The van der Waals surface area contributed by atoms with Crippen molar-refractivity contribution >= 4 is 29.1 Å². The average Bonchev–Trinajstić information content (AvgIpc) is 2.67. The normalized spacial score (nSPS) is 10.5. The van der Waals surface area contributed by atoms with Crippen LogP contribution in [0.3, 0.4) is 0 Å². The Bertz CT molecular complexity index is 959. The average molecular weight is 417 g/mol. The predicted octanol–water partition coefficient (Wildman–Crippen LogP) is 4.96. The monoisotopic (exact) mass is 416 g/mol. The van der Waals surface area contributed by atoms with E-state index in [4.69, 9.17) is 33.0 Å². The van der Waals surface area contributed by atoms with Crippen molar-refractivity contribution in [3.05, 3.63) is 76.3 Å². The number of aliphatic hydroxyl groups is 1. The van der Waals surface area contributed by atoms with Crippen LogP contribution in [-0.2, 0) is 0 Å². The number of rotatable bonds is 7. The molecule has 0 unspecified atom stereocenters. The Kier molecular flexibility index (Phi) is 6.87. The minimum atomic E-state index is -0.198. The second-order valence-electron chi connectivity index (χ2n) is 5.98. The van der Waals surface area contributed by atoms with Crippen LogP contribution in [0.1, 0.15) is 16.8 Å². The lowest BCUT2D eigenvalue weighted by molar-refractivity contribution is 0.0951. The summed E-state index contributed by atoms with van der Waals surface area (Å²) in [5.74, 6) is 0.670. The van der Waals surface area contributed by atoms with Gasteiger partial charge in [0, 0.05) is 40.4 Å². The largest absolute Gasteiger partial charge is 0.439 e. The van der Waals surface area contributed by atoms with Crippen LogP contribution >= 0.6 is 23.2 Å². The van der Waals surface area contributed by atoms with E-state index in [1.165, 1.54) is 0 Å². The summed E-state index contributed by atoms with van der Waals surface area (Å²) in [4.78, 5) is 16.7. The Morgan fingerprint density at radius 3 is 2.54 bits per heavy atom. The number of aromatic nitrogens is 1. The van der Waals surface area contributed by atoms with Gasteiger partial charge in [0.25, 0.3) is 5.91 Å². The number of aliphatic hydroxyl groups excluding tert-OH is 1. The SMILES string of the molecule is O=C(NCCCO)c1cccc(-c2cccc(Oc3cc(Cl)cc(Cl)c3)n2)c1. The van der Waals surface area contributed by atoms with E-state index in [1.807, 2.05) is 18.2 Å². The zero-order valence-electron chi connectivity index (χ0n) is 14.9. The maximum Gasteiger partial charge on any atom is 0.251 e. The number of hydrogen-bond acceptors (Lipinski definition) is 4. The summed E-state index contributed by atoms with van der Waals surface area (Å²) in [7, 11) is 0. The van der Waals surface area contributed by atoms with Crippen LogP contribution in [-0.4, -0.2) is 29.1 Å². The Morgan fingerprint density at radius 1 is 1.04 bits per heavy atom. The minimum absolute atomic E-state index is 0.0366. The Hall–Kier alpha value is -2.60. The highest BCUT2D eigenvalue weighted by atomic mass is 35.5. The molecule has 2 N–H and O–H groups in total. The molecule has 0 radical (unpaired) electrons. The van der Waals surface area contributed by atoms with Gasteiger partial charge < -0.3 is 15.2 Å². The van der Waals surface area contributed by atoms with Crippen LogP contribution in [0.15, 0.2) is 60.7 Å². The molecule has 0 fully saturated rings. The van der Waals surface area contributed by atoms with Gasteiger partial charge in [-0.2, -0.15) is 0 Å². The van der Waals surface area contributed by atoms with Gasteiger partial charge in [-0.1, -0.05) is 41.4 Å². The Morgan fingerprint density at radius 2 is 1.79 bits per heavy atom. The molecule has 0 bridgehead atoms. The van der Waals surface area contributed by atoms with Crippen molar-refractivity contribution in [3.8, 4) is 22.9 Å². The minimum Gasteiger partial charge on any atom is -0.439 e. The van der Waals surface area contributed by atoms with Gasteiger partial charge in [0.2, 0.25) is 5.88 Å². The molecule has 0 saturated carbocycles. The molecule has 0 atom stereocenters. The first-order chi connectivity index (χ1) is 13.5. The molecule has 1 aromatic heterocycles. The van der Waals surface area contributed by atoms with Crippen molar-refractivity contribution in [2.75, 3.05) is 13.2 Å². The highest BCUT2D eigenvalue weighted by molar-refractivity contribution is 6.34. The maximum absolute atomic E-state index is 12.2. The van der Waals surface area contributed by atoms with Crippen molar-refractivity contribution in [2.45, 2.75) is 6.42 Å². The molecule has 0 spiro atoms. The standard InChI is InChI=1S/C21H18Cl2N2O3/c22-16-11-17(23)13-18(12-16)28-20-7-2-6-19(25-20)14-4-1-5-15(10-14)21(27)24-8-3-9-26/h1-2,4-7,10-13,26H,3,8-9H2,(H,24,27). The number of halogens is 2. The highest BCUT2D eigenvalue weighted by Gasteiger charge is 2.09. The van der Waals surface area contributed by atoms with E-state index in [9.17, 15) is 4.79 Å². The molecule has 0 aliphatic rings. The maximum atomic E-state index is 12.2. The van der Waals surface area contributed by atoms with Gasteiger partial charge in [0.05, 0.1) is 5.69 Å². The zero-order chi connectivity index (χ0) is 19.9. The van der Waals surface area contributed by atoms with Crippen LogP contribution in [0, 0.1) is 0 Å². The first-order valence-electron chi connectivity index (χ1n) is 8.65. The molecule has 144 valence electrons. The van der Waals surface area contributed by atoms with E-state index in [-0.39, 0.29) is 12.5 Å². The summed E-state index contributed by atoms with van der Waals surface area (Å²) in [6, 6.07) is 17.5. The van der Waals surface area contributed by atoms with Crippen LogP contribution in [0.5, 0.6) is 11.6 Å². The molecule has 2 aromatic carbocycles. The molecule has 1 heterocycles. The van der Waals surface area contributed by atoms with Gasteiger partial charge in [-0.05, 0) is 42.8 Å². The van der Waals surface area contributed by atoms with Crippen molar-refractivity contribution < 1.29 is 14.6 Å². The highest BCUT2D eigenvalue weighted by Crippen LogP contribution is 2.29. The van der Waals surface area contributed by atoms with Gasteiger partial charge in [-0.15, -0.1) is 0 Å². The molecule has 0 aliphatic carbocycles. The number of nitrogens with one attached hydrogen (secondary N) is 1. The molecule has 5 nitrogen and oxygen atoms in total. The molecule has 3 aromatic rings. The fraction of sp³-hybridized carbons (Fsp3) is 0.143. The number of benzene rings is 2. The van der Waals surface area contributed by atoms with E-state index in [0.717, 1.165) is 5.56 Å². The van der Waals surface area contributed by atoms with Gasteiger partial charge in [-0.3, -0.25) is 4.79 Å². The van der Waals surface area contributed by atoms with Crippen LogP contribution in [0.4, 0.5) is 0 Å². The second-order valence-corrected chi connectivity index (χ2v) is 6.86. The van der Waals surface area contributed by atoms with E-state index < -0.39 is 0 Å². The van der Waals surface area contributed by atoms with Crippen molar-refractivity contribution in [1.82, 2.24) is 10.3 Å². The summed E-state index contributed by atoms with van der Waals surface area (Å²) in [5.41, 5.74) is 1.96. The molecule has 0 saturated heterocycles. The Balaban J connectivity index is 1.80.